The molecule has 2 rings (SSSR count). The van der Waals surface area contributed by atoms with Gasteiger partial charge in [-0.2, -0.15) is 11.3 Å². The van der Waals surface area contributed by atoms with Crippen LogP contribution in [0.1, 0.15) is 5.56 Å². The minimum absolute atomic E-state index is 0.934. The van der Waals surface area contributed by atoms with Gasteiger partial charge >= 0.3 is 0 Å². The topological polar surface area (TPSA) is 0 Å². The third kappa shape index (κ3) is 1.63. The molecule has 0 aliphatic rings. The van der Waals surface area contributed by atoms with Crippen LogP contribution in [0.25, 0.3) is 11.1 Å². The van der Waals surface area contributed by atoms with Crippen molar-refractivity contribution in [2.45, 2.75) is 0 Å². The lowest BCUT2D eigenvalue weighted by molar-refractivity contribution is 1.63. The van der Waals surface area contributed by atoms with E-state index in [1.54, 1.807) is 11.3 Å². The summed E-state index contributed by atoms with van der Waals surface area (Å²) in [7, 11) is 0. The molecule has 13 heavy (non-hydrogen) atoms. The minimum atomic E-state index is 0.934. The Labute approximate surface area is 81.9 Å². The van der Waals surface area contributed by atoms with Crippen LogP contribution in [0, 0.1) is 12.3 Å². The lowest BCUT2D eigenvalue weighted by atomic mass is 10.1. The summed E-state index contributed by atoms with van der Waals surface area (Å²) >= 11 is 1.70. The summed E-state index contributed by atoms with van der Waals surface area (Å²) in [6.07, 6.45) is 5.32. The van der Waals surface area contributed by atoms with Gasteiger partial charge in [0, 0.05) is 5.56 Å². The molecule has 0 unspecified atom stereocenters. The van der Waals surface area contributed by atoms with E-state index in [0.717, 1.165) is 5.56 Å². The molecule has 0 fully saturated rings. The van der Waals surface area contributed by atoms with Gasteiger partial charge < -0.3 is 0 Å². The number of benzene rings is 1. The molecule has 0 saturated heterocycles. The Morgan fingerprint density at radius 1 is 1.15 bits per heavy atom. The highest BCUT2D eigenvalue weighted by Gasteiger charge is 1.97. The van der Waals surface area contributed by atoms with Crippen molar-refractivity contribution in [2.75, 3.05) is 0 Å². The molecule has 62 valence electrons. The molecule has 0 saturated carbocycles. The van der Waals surface area contributed by atoms with Crippen molar-refractivity contribution in [3.05, 3.63) is 46.7 Å². The van der Waals surface area contributed by atoms with E-state index in [2.05, 4.69) is 28.8 Å². The molecule has 0 spiro atoms. The van der Waals surface area contributed by atoms with E-state index in [4.69, 9.17) is 6.42 Å². The summed E-state index contributed by atoms with van der Waals surface area (Å²) in [5.41, 5.74) is 3.36. The monoisotopic (exact) mass is 184 g/mol. The van der Waals surface area contributed by atoms with Crippen LogP contribution in [0.2, 0.25) is 0 Å². The smallest absolute Gasteiger partial charge is 0.0248 e. The first-order valence-corrected chi connectivity index (χ1v) is 4.93. The Morgan fingerprint density at radius 2 is 2.08 bits per heavy atom. The van der Waals surface area contributed by atoms with Gasteiger partial charge in [-0.25, -0.2) is 0 Å². The Balaban J connectivity index is 2.49. The van der Waals surface area contributed by atoms with Gasteiger partial charge in [0.25, 0.3) is 0 Å². The van der Waals surface area contributed by atoms with Crippen LogP contribution in [0.4, 0.5) is 0 Å². The van der Waals surface area contributed by atoms with Crippen LogP contribution >= 0.6 is 11.3 Å². The average Bonchev–Trinajstić information content (AvgIpc) is 2.71. The van der Waals surface area contributed by atoms with Crippen LogP contribution in [-0.2, 0) is 0 Å². The lowest BCUT2D eigenvalue weighted by Gasteiger charge is -1.97. The normalized spacial score (nSPS) is 9.46. The molecule has 1 aromatic carbocycles. The van der Waals surface area contributed by atoms with Gasteiger partial charge in [-0.3, -0.25) is 0 Å². The highest BCUT2D eigenvalue weighted by Crippen LogP contribution is 2.22. The van der Waals surface area contributed by atoms with Gasteiger partial charge in [-0.1, -0.05) is 18.1 Å². The zero-order chi connectivity index (χ0) is 9.10. The summed E-state index contributed by atoms with van der Waals surface area (Å²) in [5.74, 6) is 2.63. The van der Waals surface area contributed by atoms with Crippen LogP contribution in [0.3, 0.4) is 0 Å². The van der Waals surface area contributed by atoms with E-state index in [9.17, 15) is 0 Å². The molecule has 0 aliphatic heterocycles. The number of rotatable bonds is 1. The van der Waals surface area contributed by atoms with Gasteiger partial charge in [-0.05, 0) is 40.1 Å². The fourth-order valence-electron chi connectivity index (χ4n) is 1.22. The highest BCUT2D eigenvalue weighted by molar-refractivity contribution is 7.08. The maximum atomic E-state index is 5.32. The highest BCUT2D eigenvalue weighted by atomic mass is 32.1. The van der Waals surface area contributed by atoms with E-state index >= 15 is 0 Å². The number of thiophene rings is 1. The summed E-state index contributed by atoms with van der Waals surface area (Å²) < 4.78 is 0. The maximum Gasteiger partial charge on any atom is 0.0248 e. The molecule has 2 aromatic rings. The Bertz CT molecular complexity index is 432. The first-order valence-electron chi connectivity index (χ1n) is 3.99. The fourth-order valence-corrected chi connectivity index (χ4v) is 1.88. The number of hydrogen-bond acceptors (Lipinski definition) is 1. The van der Waals surface area contributed by atoms with Gasteiger partial charge in [-0.15, -0.1) is 6.42 Å². The Hall–Kier alpha value is -1.52. The molecule has 0 N–H and O–H groups in total. The molecule has 0 nitrogen and oxygen atoms in total. The van der Waals surface area contributed by atoms with Crippen molar-refractivity contribution >= 4 is 11.3 Å². The van der Waals surface area contributed by atoms with Crippen molar-refractivity contribution in [3.8, 4) is 23.5 Å². The predicted octanol–water partition coefficient (Wildman–Crippen LogP) is 3.40. The van der Waals surface area contributed by atoms with E-state index in [-0.39, 0.29) is 0 Å². The largest absolute Gasteiger partial charge is 0.152 e. The maximum absolute atomic E-state index is 5.32. The van der Waals surface area contributed by atoms with E-state index in [1.165, 1.54) is 11.1 Å². The van der Waals surface area contributed by atoms with Crippen molar-refractivity contribution < 1.29 is 0 Å². The molecule has 0 amide bonds. The standard InChI is InChI=1S/C12H8S/c1-2-10-4-3-5-11(8-10)12-6-7-13-9-12/h1,3-9H. The molecule has 1 heterocycles. The van der Waals surface area contributed by atoms with Crippen molar-refractivity contribution in [3.63, 3.8) is 0 Å². The first-order chi connectivity index (χ1) is 6.40. The molecule has 1 heteroatoms. The third-order valence-electron chi connectivity index (χ3n) is 1.88. The minimum Gasteiger partial charge on any atom is -0.152 e. The van der Waals surface area contributed by atoms with E-state index in [1.807, 2.05) is 18.2 Å². The quantitative estimate of drug-likeness (QED) is 0.596. The molecular weight excluding hydrogens is 176 g/mol. The second-order valence-electron chi connectivity index (χ2n) is 2.74. The van der Waals surface area contributed by atoms with Gasteiger partial charge in [0.15, 0.2) is 0 Å². The number of hydrogen-bond donors (Lipinski definition) is 0. The molecule has 0 atom stereocenters. The van der Waals surface area contributed by atoms with Crippen LogP contribution in [0.5, 0.6) is 0 Å². The first kappa shape index (κ1) is 8.10. The molecule has 0 bridgehead atoms. The molecule has 0 aliphatic carbocycles. The van der Waals surface area contributed by atoms with Crippen LogP contribution in [0.15, 0.2) is 41.1 Å². The van der Waals surface area contributed by atoms with Crippen LogP contribution < -0.4 is 0 Å². The zero-order valence-corrected chi connectivity index (χ0v) is 7.84. The van der Waals surface area contributed by atoms with E-state index in [0.29, 0.717) is 0 Å². The van der Waals surface area contributed by atoms with Gasteiger partial charge in [0.2, 0.25) is 0 Å². The van der Waals surface area contributed by atoms with Gasteiger partial charge in [0.1, 0.15) is 0 Å². The van der Waals surface area contributed by atoms with E-state index < -0.39 is 0 Å². The molecular formula is C12H8S. The second kappa shape index (κ2) is 3.47. The van der Waals surface area contributed by atoms with Crippen molar-refractivity contribution in [1.82, 2.24) is 0 Å². The zero-order valence-electron chi connectivity index (χ0n) is 7.03. The Morgan fingerprint density at radius 3 is 2.77 bits per heavy atom. The van der Waals surface area contributed by atoms with Crippen molar-refractivity contribution in [2.24, 2.45) is 0 Å². The summed E-state index contributed by atoms with van der Waals surface area (Å²) in [5, 5.41) is 4.19. The average molecular weight is 184 g/mol. The van der Waals surface area contributed by atoms with Gasteiger partial charge in [0.05, 0.1) is 0 Å². The predicted molar refractivity (Wildman–Crippen MR) is 57.7 cm³/mol. The molecule has 0 radical (unpaired) electrons. The molecule has 1 aromatic heterocycles. The lowest BCUT2D eigenvalue weighted by Crippen LogP contribution is -1.76. The Kier molecular flexibility index (Phi) is 2.16. The summed E-state index contributed by atoms with van der Waals surface area (Å²) in [6, 6.07) is 10.1. The summed E-state index contributed by atoms with van der Waals surface area (Å²) in [6.45, 7) is 0. The van der Waals surface area contributed by atoms with Crippen LogP contribution in [-0.4, -0.2) is 0 Å². The summed E-state index contributed by atoms with van der Waals surface area (Å²) in [4.78, 5) is 0. The second-order valence-corrected chi connectivity index (χ2v) is 3.52. The SMILES string of the molecule is C#Cc1cccc(-c2ccsc2)c1. The van der Waals surface area contributed by atoms with Crippen molar-refractivity contribution in [1.29, 1.82) is 0 Å². The third-order valence-corrected chi connectivity index (χ3v) is 2.57. The number of terminal acetylenes is 1. The fraction of sp³-hybridized carbons (Fsp3) is 0.